The molecule has 1 N–H and O–H groups in total. The Morgan fingerprint density at radius 1 is 1.19 bits per heavy atom. The third-order valence-corrected chi connectivity index (χ3v) is 5.82. The summed E-state index contributed by atoms with van der Waals surface area (Å²) in [6, 6.07) is 11.7. The Morgan fingerprint density at radius 3 is 2.78 bits per heavy atom. The van der Waals surface area contributed by atoms with Crippen LogP contribution in [-0.2, 0) is 18.5 Å². The fourth-order valence-corrected chi connectivity index (χ4v) is 4.32. The Hall–Kier alpha value is -3.88. The van der Waals surface area contributed by atoms with E-state index in [2.05, 4.69) is 20.5 Å². The molecule has 4 aromatic rings. The lowest BCUT2D eigenvalue weighted by atomic mass is 9.99. The van der Waals surface area contributed by atoms with E-state index in [1.165, 1.54) is 6.07 Å². The van der Waals surface area contributed by atoms with Crippen LogP contribution in [0.5, 0.6) is 0 Å². The molecule has 9 heteroatoms. The van der Waals surface area contributed by atoms with Crippen molar-refractivity contribution in [2.24, 2.45) is 0 Å². The van der Waals surface area contributed by atoms with E-state index in [1.807, 2.05) is 26.0 Å². The Morgan fingerprint density at radius 2 is 1.97 bits per heavy atom. The largest absolute Gasteiger partial charge is 0.330 e. The number of aromatic amines is 1. The van der Waals surface area contributed by atoms with Gasteiger partial charge in [-0.25, -0.2) is 14.2 Å². The third kappa shape index (κ3) is 3.35. The van der Waals surface area contributed by atoms with Crippen molar-refractivity contribution >= 4 is 16.7 Å². The Bertz CT molecular complexity index is 1410. The summed E-state index contributed by atoms with van der Waals surface area (Å²) in [5, 5.41) is 16.0. The zero-order chi connectivity index (χ0) is 22.5. The monoisotopic (exact) mass is 432 g/mol. The van der Waals surface area contributed by atoms with Gasteiger partial charge in [0.2, 0.25) is 0 Å². The zero-order valence-corrected chi connectivity index (χ0v) is 17.7. The second-order valence-electron chi connectivity index (χ2n) is 8.65. The van der Waals surface area contributed by atoms with Crippen molar-refractivity contribution in [1.29, 1.82) is 0 Å². The molecule has 1 aliphatic rings. The SMILES string of the molecule is CC1(C)CN(C(=O)c2cc(Cc3n[nH]c(=O)c4ccccc34)ccc2F)Cc2cnnn21. The number of carbonyl (C=O) groups is 1. The summed E-state index contributed by atoms with van der Waals surface area (Å²) >= 11 is 0. The first kappa shape index (κ1) is 20.0. The standard InChI is InChI=1S/C23H21FN6O2/c1-23(2)13-29(12-15-11-25-28-30(15)23)22(32)18-9-14(7-8-19(18)24)10-20-16-5-3-4-6-17(16)21(31)27-26-20/h3-9,11H,10,12-13H2,1-2H3,(H,27,31). The van der Waals surface area contributed by atoms with Gasteiger partial charge in [0.1, 0.15) is 5.82 Å². The third-order valence-electron chi connectivity index (χ3n) is 5.82. The van der Waals surface area contributed by atoms with Crippen molar-refractivity contribution in [2.75, 3.05) is 6.54 Å². The van der Waals surface area contributed by atoms with E-state index in [-0.39, 0.29) is 17.0 Å². The van der Waals surface area contributed by atoms with E-state index < -0.39 is 11.4 Å². The minimum absolute atomic E-state index is 0.00737. The van der Waals surface area contributed by atoms with Crippen LogP contribution in [0.2, 0.25) is 0 Å². The number of aromatic nitrogens is 5. The normalized spacial score (nSPS) is 15.0. The summed E-state index contributed by atoms with van der Waals surface area (Å²) in [6.07, 6.45) is 1.97. The van der Waals surface area contributed by atoms with E-state index in [4.69, 9.17) is 0 Å². The highest BCUT2D eigenvalue weighted by Gasteiger charge is 2.35. The summed E-state index contributed by atoms with van der Waals surface area (Å²) in [4.78, 5) is 26.9. The molecule has 2 aromatic heterocycles. The summed E-state index contributed by atoms with van der Waals surface area (Å²) in [5.41, 5.74) is 1.47. The van der Waals surface area contributed by atoms with Gasteiger partial charge in [0.15, 0.2) is 0 Å². The fraction of sp³-hybridized carbons (Fsp3) is 0.261. The number of H-pyrrole nitrogens is 1. The molecule has 5 rings (SSSR count). The molecule has 0 saturated carbocycles. The molecule has 0 fully saturated rings. The van der Waals surface area contributed by atoms with E-state index >= 15 is 0 Å². The molecule has 1 amide bonds. The summed E-state index contributed by atoms with van der Waals surface area (Å²) in [6.45, 7) is 4.62. The lowest BCUT2D eigenvalue weighted by Crippen LogP contribution is -2.49. The molecule has 0 saturated heterocycles. The van der Waals surface area contributed by atoms with Crippen LogP contribution in [0.25, 0.3) is 10.8 Å². The minimum atomic E-state index is -0.576. The molecule has 0 bridgehead atoms. The first-order valence-electron chi connectivity index (χ1n) is 10.3. The number of hydrogen-bond donors (Lipinski definition) is 1. The van der Waals surface area contributed by atoms with Gasteiger partial charge in [0.05, 0.1) is 40.6 Å². The first-order valence-corrected chi connectivity index (χ1v) is 10.3. The van der Waals surface area contributed by atoms with E-state index in [1.54, 1.807) is 40.0 Å². The zero-order valence-electron chi connectivity index (χ0n) is 17.7. The number of rotatable bonds is 3. The van der Waals surface area contributed by atoms with Crippen molar-refractivity contribution in [3.8, 4) is 0 Å². The van der Waals surface area contributed by atoms with Crippen LogP contribution in [0.4, 0.5) is 4.39 Å². The minimum Gasteiger partial charge on any atom is -0.330 e. The summed E-state index contributed by atoms with van der Waals surface area (Å²) < 4.78 is 16.5. The molecule has 0 radical (unpaired) electrons. The van der Waals surface area contributed by atoms with Gasteiger partial charge in [-0.05, 0) is 37.6 Å². The predicted octanol–water partition coefficient (Wildman–Crippen LogP) is 2.64. The maximum atomic E-state index is 14.7. The van der Waals surface area contributed by atoms with Crippen molar-refractivity contribution in [2.45, 2.75) is 32.4 Å². The van der Waals surface area contributed by atoms with Gasteiger partial charge < -0.3 is 4.90 Å². The number of carbonyl (C=O) groups excluding carboxylic acids is 1. The summed E-state index contributed by atoms with van der Waals surface area (Å²) in [5.74, 6) is -0.961. The lowest BCUT2D eigenvalue weighted by molar-refractivity contribution is 0.0581. The van der Waals surface area contributed by atoms with Crippen LogP contribution in [0.1, 0.15) is 41.2 Å². The lowest BCUT2D eigenvalue weighted by Gasteiger charge is -2.38. The highest BCUT2D eigenvalue weighted by molar-refractivity contribution is 5.95. The van der Waals surface area contributed by atoms with E-state index in [0.717, 1.165) is 16.6 Å². The van der Waals surface area contributed by atoms with Crippen molar-refractivity contribution in [3.63, 3.8) is 0 Å². The average Bonchev–Trinajstić information content (AvgIpc) is 3.26. The molecular formula is C23H21FN6O2. The molecule has 0 atom stereocenters. The number of fused-ring (bicyclic) bond motifs is 2. The van der Waals surface area contributed by atoms with Gasteiger partial charge in [-0.15, -0.1) is 5.10 Å². The highest BCUT2D eigenvalue weighted by atomic mass is 19.1. The van der Waals surface area contributed by atoms with Crippen molar-refractivity contribution in [1.82, 2.24) is 30.1 Å². The first-order chi connectivity index (χ1) is 15.3. The van der Waals surface area contributed by atoms with Gasteiger partial charge in [-0.1, -0.05) is 29.5 Å². The molecule has 3 heterocycles. The smallest absolute Gasteiger partial charge is 0.272 e. The quantitative estimate of drug-likeness (QED) is 0.537. The Kier molecular flexibility index (Phi) is 4.61. The topological polar surface area (TPSA) is 96.8 Å². The number of nitrogens with zero attached hydrogens (tertiary/aromatic N) is 5. The van der Waals surface area contributed by atoms with Crippen molar-refractivity contribution in [3.05, 3.63) is 87.3 Å². The van der Waals surface area contributed by atoms with Gasteiger partial charge in [-0.3, -0.25) is 9.59 Å². The highest BCUT2D eigenvalue weighted by Crippen LogP contribution is 2.27. The Labute approximate surface area is 182 Å². The molecule has 162 valence electrons. The van der Waals surface area contributed by atoms with Crippen LogP contribution in [0, 0.1) is 5.82 Å². The summed E-state index contributed by atoms with van der Waals surface area (Å²) in [7, 11) is 0. The average molecular weight is 432 g/mol. The molecule has 0 unspecified atom stereocenters. The van der Waals surface area contributed by atoms with Crippen LogP contribution < -0.4 is 5.56 Å². The fourth-order valence-electron chi connectivity index (χ4n) is 4.32. The molecule has 1 aliphatic heterocycles. The van der Waals surface area contributed by atoms with Gasteiger partial charge in [-0.2, -0.15) is 5.10 Å². The molecule has 0 spiro atoms. The van der Waals surface area contributed by atoms with E-state index in [0.29, 0.717) is 30.6 Å². The number of hydrogen-bond acceptors (Lipinski definition) is 5. The van der Waals surface area contributed by atoms with Gasteiger partial charge in [0, 0.05) is 18.4 Å². The van der Waals surface area contributed by atoms with Crippen LogP contribution in [0.15, 0.2) is 53.5 Å². The van der Waals surface area contributed by atoms with Gasteiger partial charge >= 0.3 is 0 Å². The van der Waals surface area contributed by atoms with E-state index in [9.17, 15) is 14.0 Å². The second kappa shape index (κ2) is 7.37. The molecular weight excluding hydrogens is 411 g/mol. The predicted molar refractivity (Wildman–Crippen MR) is 116 cm³/mol. The van der Waals surface area contributed by atoms with Crippen LogP contribution >= 0.6 is 0 Å². The number of benzene rings is 2. The maximum absolute atomic E-state index is 14.7. The molecule has 32 heavy (non-hydrogen) atoms. The molecule has 2 aromatic carbocycles. The maximum Gasteiger partial charge on any atom is 0.272 e. The Balaban J connectivity index is 1.47. The molecule has 8 nitrogen and oxygen atoms in total. The molecule has 0 aliphatic carbocycles. The second-order valence-corrected chi connectivity index (χ2v) is 8.65. The van der Waals surface area contributed by atoms with Gasteiger partial charge in [0.25, 0.3) is 11.5 Å². The van der Waals surface area contributed by atoms with Crippen LogP contribution in [0.3, 0.4) is 0 Å². The number of amides is 1. The van der Waals surface area contributed by atoms with Crippen LogP contribution in [-0.4, -0.2) is 42.5 Å². The number of nitrogens with one attached hydrogen (secondary N) is 1. The van der Waals surface area contributed by atoms with Crippen molar-refractivity contribution < 1.29 is 9.18 Å². The number of halogens is 1.